The molecule has 10 nitrogen and oxygen atoms in total. The van der Waals surface area contributed by atoms with Gasteiger partial charge in [-0.25, -0.2) is 9.97 Å². The Balaban J connectivity index is 1.31. The van der Waals surface area contributed by atoms with Gasteiger partial charge >= 0.3 is 0 Å². The smallest absolute Gasteiger partial charge is 0.254 e. The van der Waals surface area contributed by atoms with E-state index in [0.29, 0.717) is 63.9 Å². The molecule has 218 valence electrons. The van der Waals surface area contributed by atoms with Crippen LogP contribution in [-0.4, -0.2) is 76.2 Å². The number of methoxy groups -OCH3 is 1. The third kappa shape index (κ3) is 6.43. The lowest BCUT2D eigenvalue weighted by atomic mass is 10.0. The lowest BCUT2D eigenvalue weighted by Gasteiger charge is -2.32. The van der Waals surface area contributed by atoms with Gasteiger partial charge in [0.15, 0.2) is 0 Å². The maximum Gasteiger partial charge on any atom is 0.254 e. The first-order chi connectivity index (χ1) is 19.8. The molecule has 12 heteroatoms. The van der Waals surface area contributed by atoms with Crippen LogP contribution in [0.4, 0.5) is 5.95 Å². The van der Waals surface area contributed by atoms with E-state index in [1.165, 1.54) is 7.11 Å². The average molecular weight is 603 g/mol. The van der Waals surface area contributed by atoms with Crippen LogP contribution in [0.15, 0.2) is 42.6 Å². The minimum absolute atomic E-state index is 0.221. The van der Waals surface area contributed by atoms with E-state index >= 15 is 0 Å². The van der Waals surface area contributed by atoms with Gasteiger partial charge in [-0.05, 0) is 55.2 Å². The number of aliphatic hydroxyl groups excluding tert-OH is 2. The highest BCUT2D eigenvalue weighted by Crippen LogP contribution is 2.33. The number of amides is 1. The molecule has 3 atom stereocenters. The van der Waals surface area contributed by atoms with Gasteiger partial charge < -0.3 is 29.9 Å². The van der Waals surface area contributed by atoms with Crippen molar-refractivity contribution in [2.24, 2.45) is 0 Å². The number of hydrogen-bond acceptors (Lipinski definition) is 9. The van der Waals surface area contributed by atoms with Crippen molar-refractivity contribution in [2.75, 3.05) is 32.2 Å². The van der Waals surface area contributed by atoms with E-state index in [4.69, 9.17) is 32.7 Å². The number of aliphatic hydroxyl groups is 2. The Hall–Kier alpha value is -2.99. The summed E-state index contributed by atoms with van der Waals surface area (Å²) in [5, 5.41) is 28.3. The number of benzene rings is 2. The van der Waals surface area contributed by atoms with Gasteiger partial charge in [-0.3, -0.25) is 10.1 Å². The van der Waals surface area contributed by atoms with Crippen LogP contribution in [-0.2, 0) is 11.3 Å². The van der Waals surface area contributed by atoms with Gasteiger partial charge in [0, 0.05) is 41.9 Å². The average Bonchev–Trinajstić information content (AvgIpc) is 3.32. The minimum atomic E-state index is -1.15. The zero-order valence-corrected chi connectivity index (χ0v) is 24.3. The maximum absolute atomic E-state index is 13.5. The topological polar surface area (TPSA) is 129 Å². The number of carbonyl (C=O) groups excluding carboxylic acids is 1. The van der Waals surface area contributed by atoms with E-state index < -0.39 is 18.3 Å². The summed E-state index contributed by atoms with van der Waals surface area (Å²) in [4.78, 5) is 24.1. The van der Waals surface area contributed by atoms with Crippen molar-refractivity contribution < 1.29 is 24.5 Å². The normalized spacial score (nSPS) is 17.7. The van der Waals surface area contributed by atoms with E-state index in [1.54, 1.807) is 42.3 Å². The fourth-order valence-electron chi connectivity index (χ4n) is 5.14. The predicted octanol–water partition coefficient (Wildman–Crippen LogP) is 4.04. The first-order valence-corrected chi connectivity index (χ1v) is 14.2. The fourth-order valence-corrected chi connectivity index (χ4v) is 5.59. The summed E-state index contributed by atoms with van der Waals surface area (Å²) >= 11 is 12.8. The van der Waals surface area contributed by atoms with Crippen molar-refractivity contribution in [2.45, 2.75) is 50.7 Å². The van der Waals surface area contributed by atoms with E-state index in [-0.39, 0.29) is 18.6 Å². The summed E-state index contributed by atoms with van der Waals surface area (Å²) in [7, 11) is 1.54. The van der Waals surface area contributed by atoms with Crippen molar-refractivity contribution in [3.8, 4) is 17.0 Å². The molecule has 0 aliphatic carbocycles. The second-order valence-electron chi connectivity index (χ2n) is 10.2. The largest absolute Gasteiger partial charge is 0.497 e. The van der Waals surface area contributed by atoms with Crippen molar-refractivity contribution in [3.63, 3.8) is 0 Å². The molecule has 1 fully saturated rings. The Kier molecular flexibility index (Phi) is 9.28. The van der Waals surface area contributed by atoms with Crippen molar-refractivity contribution >= 4 is 35.1 Å². The molecule has 1 saturated heterocycles. The van der Waals surface area contributed by atoms with Gasteiger partial charge in [0.2, 0.25) is 5.95 Å². The lowest BCUT2D eigenvalue weighted by Crippen LogP contribution is -2.50. The molecule has 5 rings (SSSR count). The summed E-state index contributed by atoms with van der Waals surface area (Å²) in [5.74, 6) is 0.825. The van der Waals surface area contributed by atoms with Crippen molar-refractivity contribution in [1.82, 2.24) is 20.2 Å². The summed E-state index contributed by atoms with van der Waals surface area (Å²) < 4.78 is 10.7. The van der Waals surface area contributed by atoms with Gasteiger partial charge in [0.05, 0.1) is 42.7 Å². The molecule has 3 heterocycles. The number of rotatable bonds is 10. The number of hydrogen-bond donors (Lipinski definition) is 4. The highest BCUT2D eigenvalue weighted by atomic mass is 35.5. The van der Waals surface area contributed by atoms with Crippen molar-refractivity contribution in [3.05, 3.63) is 69.3 Å². The fraction of sp³-hybridized carbons (Fsp3) is 0.414. The summed E-state index contributed by atoms with van der Waals surface area (Å²) in [5.41, 5.74) is 3.15. The van der Waals surface area contributed by atoms with Crippen LogP contribution in [0.25, 0.3) is 11.3 Å². The molecule has 1 amide bonds. The Morgan fingerprint density at radius 1 is 1.17 bits per heavy atom. The quantitative estimate of drug-likeness (QED) is 0.254. The molecular formula is C29H33Cl2N5O5. The van der Waals surface area contributed by atoms with Gasteiger partial charge in [-0.1, -0.05) is 35.3 Å². The Morgan fingerprint density at radius 2 is 1.95 bits per heavy atom. The van der Waals surface area contributed by atoms with Gasteiger partial charge in [0.1, 0.15) is 12.0 Å². The molecular weight excluding hydrogens is 569 g/mol. The summed E-state index contributed by atoms with van der Waals surface area (Å²) in [6, 6.07) is 9.56. The molecule has 3 aromatic rings. The van der Waals surface area contributed by atoms with Crippen LogP contribution >= 0.6 is 23.2 Å². The molecule has 0 saturated carbocycles. The number of halogens is 2. The van der Waals surface area contributed by atoms with E-state index in [1.807, 2.05) is 12.1 Å². The third-order valence-electron chi connectivity index (χ3n) is 7.60. The SMILES string of the molecule is COc1ccc(Cl)c([C@@H](CO)NC(O)[C@@H](C)N2Cc3ccc(-c4nc(NC5CCOCC5)ncc4Cl)cc3C2=O)c1. The van der Waals surface area contributed by atoms with Gasteiger partial charge in [-0.2, -0.15) is 0 Å². The molecule has 4 N–H and O–H groups in total. The highest BCUT2D eigenvalue weighted by molar-refractivity contribution is 6.33. The van der Waals surface area contributed by atoms with E-state index in [9.17, 15) is 15.0 Å². The van der Waals surface area contributed by atoms with Crippen LogP contribution in [0, 0.1) is 0 Å². The number of fused-ring (bicyclic) bond motifs is 1. The van der Waals surface area contributed by atoms with E-state index in [0.717, 1.165) is 18.4 Å². The number of nitrogens with one attached hydrogen (secondary N) is 2. The second kappa shape index (κ2) is 12.9. The molecule has 41 heavy (non-hydrogen) atoms. The molecule has 2 aliphatic rings. The number of anilines is 1. The maximum atomic E-state index is 13.5. The monoisotopic (exact) mass is 601 g/mol. The Morgan fingerprint density at radius 3 is 2.68 bits per heavy atom. The first-order valence-electron chi connectivity index (χ1n) is 13.5. The Labute approximate surface area is 248 Å². The first kappa shape index (κ1) is 29.5. The second-order valence-corrected chi connectivity index (χ2v) is 11.0. The molecule has 0 bridgehead atoms. The van der Waals surface area contributed by atoms with Crippen molar-refractivity contribution in [1.29, 1.82) is 0 Å². The number of carbonyl (C=O) groups is 1. The highest BCUT2D eigenvalue weighted by Gasteiger charge is 2.35. The molecule has 2 aromatic carbocycles. The summed E-state index contributed by atoms with van der Waals surface area (Å²) in [6.07, 6.45) is 2.15. The van der Waals surface area contributed by atoms with Crippen LogP contribution in [0.5, 0.6) is 5.75 Å². The summed E-state index contributed by atoms with van der Waals surface area (Å²) in [6.45, 7) is 3.14. The van der Waals surface area contributed by atoms with Crippen LogP contribution < -0.4 is 15.4 Å². The standard InChI is InChI=1S/C29H33Cl2N5O5/c1-16(27(38)34-25(15-37)22-12-20(40-2)5-6-23(22)30)36-14-18-4-3-17(11-21(18)28(36)39)26-24(31)13-32-29(35-26)33-19-7-9-41-10-8-19/h3-6,11-13,16,19,25,27,34,37-38H,7-10,14-15H2,1-2H3,(H,32,33,35)/t16-,25-,27?/m1/s1. The molecule has 1 aromatic heterocycles. The number of aromatic nitrogens is 2. The Bertz CT molecular complexity index is 1400. The number of nitrogens with zero attached hydrogens (tertiary/aromatic N) is 3. The predicted molar refractivity (Wildman–Crippen MR) is 156 cm³/mol. The lowest BCUT2D eigenvalue weighted by molar-refractivity contribution is 0.0196. The van der Waals surface area contributed by atoms with Gasteiger partial charge in [-0.15, -0.1) is 0 Å². The number of ether oxygens (including phenoxy) is 2. The minimum Gasteiger partial charge on any atom is -0.497 e. The molecule has 2 aliphatic heterocycles. The zero-order valence-electron chi connectivity index (χ0n) is 22.8. The molecule has 0 radical (unpaired) electrons. The van der Waals surface area contributed by atoms with E-state index in [2.05, 4.69) is 20.6 Å². The van der Waals surface area contributed by atoms with Gasteiger partial charge in [0.25, 0.3) is 5.91 Å². The van der Waals surface area contributed by atoms with Crippen LogP contribution in [0.3, 0.4) is 0 Å². The molecule has 0 spiro atoms. The zero-order chi connectivity index (χ0) is 29.1. The van der Waals surface area contributed by atoms with Crippen LogP contribution in [0.1, 0.15) is 47.3 Å². The molecule has 1 unspecified atom stereocenters. The van der Waals surface area contributed by atoms with Crippen LogP contribution in [0.2, 0.25) is 10.0 Å². The third-order valence-corrected chi connectivity index (χ3v) is 8.22.